The molecule has 2 N–H and O–H groups in total. The number of nitrogens with two attached hydrogens (primary N) is 1. The third kappa shape index (κ3) is 2.64. The first kappa shape index (κ1) is 13.2. The van der Waals surface area contributed by atoms with Crippen LogP contribution in [0, 0.1) is 3.57 Å². The van der Waals surface area contributed by atoms with E-state index in [0.29, 0.717) is 9.26 Å². The molecule has 0 spiro atoms. The summed E-state index contributed by atoms with van der Waals surface area (Å²) in [5.74, 6) is -0.823. The topological polar surface area (TPSA) is 65.2 Å². The fraction of sp³-hybridized carbons (Fsp3) is 0.333. The molecule has 0 saturated carbocycles. The Labute approximate surface area is 104 Å². The first-order chi connectivity index (χ1) is 7.51. The number of rotatable bonds is 3. The zero-order valence-corrected chi connectivity index (χ0v) is 10.5. The van der Waals surface area contributed by atoms with Crippen molar-refractivity contribution in [2.45, 2.75) is 13.0 Å². The minimum Gasteiger partial charge on any atom is -0.465 e. The van der Waals surface area contributed by atoms with Gasteiger partial charge in [0.15, 0.2) is 0 Å². The minimum absolute atomic E-state index is 0.0389. The Kier molecular flexibility index (Phi) is 4.54. The second-order valence-corrected chi connectivity index (χ2v) is 4.01. The van der Waals surface area contributed by atoms with Gasteiger partial charge < -0.3 is 10.5 Å². The second kappa shape index (κ2) is 5.48. The van der Waals surface area contributed by atoms with Crippen molar-refractivity contribution in [3.63, 3.8) is 0 Å². The highest BCUT2D eigenvalue weighted by Crippen LogP contribution is 2.26. The van der Waals surface area contributed by atoms with Crippen LogP contribution in [0.1, 0.15) is 28.2 Å². The van der Waals surface area contributed by atoms with Gasteiger partial charge in [-0.05, 0) is 28.7 Å². The number of alkyl halides is 2. The van der Waals surface area contributed by atoms with Gasteiger partial charge in [-0.25, -0.2) is 18.6 Å². The van der Waals surface area contributed by atoms with Crippen LogP contribution in [0.15, 0.2) is 6.07 Å². The number of carbonyl (C=O) groups excluding carboxylic acids is 1. The normalized spacial score (nSPS) is 10.6. The summed E-state index contributed by atoms with van der Waals surface area (Å²) in [6, 6.07) is 1.48. The highest BCUT2D eigenvalue weighted by atomic mass is 127. The molecule has 0 atom stereocenters. The van der Waals surface area contributed by atoms with Crippen LogP contribution in [0.25, 0.3) is 0 Å². The Hall–Kier alpha value is -0.830. The number of carbonyl (C=O) groups is 1. The third-order valence-corrected chi connectivity index (χ3v) is 2.71. The number of pyridine rings is 1. The van der Waals surface area contributed by atoms with Crippen LogP contribution in [0.4, 0.5) is 8.78 Å². The predicted molar refractivity (Wildman–Crippen MR) is 61.1 cm³/mol. The summed E-state index contributed by atoms with van der Waals surface area (Å²) in [5, 5.41) is 0. The van der Waals surface area contributed by atoms with Crippen molar-refractivity contribution >= 4 is 28.6 Å². The molecule has 0 aliphatic heterocycles. The maximum absolute atomic E-state index is 12.7. The van der Waals surface area contributed by atoms with Crippen LogP contribution in [0.3, 0.4) is 0 Å². The van der Waals surface area contributed by atoms with Gasteiger partial charge in [-0.3, -0.25) is 0 Å². The summed E-state index contributed by atoms with van der Waals surface area (Å²) in [5.41, 5.74) is 4.85. The van der Waals surface area contributed by atoms with E-state index in [0.717, 1.165) is 7.11 Å². The summed E-state index contributed by atoms with van der Waals surface area (Å²) in [7, 11) is 1.13. The Morgan fingerprint density at radius 1 is 1.69 bits per heavy atom. The average Bonchev–Trinajstić information content (AvgIpc) is 2.26. The van der Waals surface area contributed by atoms with Crippen LogP contribution in [-0.2, 0) is 11.3 Å². The van der Waals surface area contributed by atoms with Crippen molar-refractivity contribution in [3.05, 3.63) is 26.6 Å². The second-order valence-electron chi connectivity index (χ2n) is 2.85. The quantitative estimate of drug-likeness (QED) is 0.673. The lowest BCUT2D eigenvalue weighted by atomic mass is 10.1. The van der Waals surface area contributed by atoms with Gasteiger partial charge in [0, 0.05) is 10.1 Å². The molecular weight excluding hydrogens is 333 g/mol. The Morgan fingerprint density at radius 3 is 2.75 bits per heavy atom. The van der Waals surface area contributed by atoms with E-state index in [1.165, 1.54) is 6.07 Å². The van der Waals surface area contributed by atoms with Gasteiger partial charge >= 0.3 is 5.97 Å². The van der Waals surface area contributed by atoms with Crippen molar-refractivity contribution in [2.75, 3.05) is 7.11 Å². The van der Waals surface area contributed by atoms with Crippen LogP contribution < -0.4 is 5.73 Å². The van der Waals surface area contributed by atoms with Crippen LogP contribution >= 0.6 is 22.6 Å². The van der Waals surface area contributed by atoms with Crippen LogP contribution in [-0.4, -0.2) is 18.1 Å². The van der Waals surface area contributed by atoms with Crippen molar-refractivity contribution in [1.29, 1.82) is 0 Å². The van der Waals surface area contributed by atoms with Crippen molar-refractivity contribution < 1.29 is 18.3 Å². The zero-order chi connectivity index (χ0) is 12.3. The van der Waals surface area contributed by atoms with Gasteiger partial charge in [0.1, 0.15) is 11.3 Å². The van der Waals surface area contributed by atoms with E-state index < -0.39 is 18.1 Å². The van der Waals surface area contributed by atoms with Gasteiger partial charge in [-0.15, -0.1) is 0 Å². The predicted octanol–water partition coefficient (Wildman–Crippen LogP) is 1.87. The van der Waals surface area contributed by atoms with Gasteiger partial charge in [0.05, 0.1) is 12.8 Å². The lowest BCUT2D eigenvalue weighted by Gasteiger charge is -2.10. The van der Waals surface area contributed by atoms with E-state index in [4.69, 9.17) is 5.73 Å². The zero-order valence-electron chi connectivity index (χ0n) is 8.34. The highest BCUT2D eigenvalue weighted by molar-refractivity contribution is 14.1. The molecule has 1 aromatic heterocycles. The number of methoxy groups -OCH3 is 1. The van der Waals surface area contributed by atoms with E-state index in [1.807, 2.05) is 0 Å². The molecule has 1 rings (SSSR count). The molecule has 16 heavy (non-hydrogen) atoms. The molecule has 0 fully saturated rings. The lowest BCUT2D eigenvalue weighted by molar-refractivity contribution is 0.0585. The third-order valence-electron chi connectivity index (χ3n) is 1.86. The van der Waals surface area contributed by atoms with Gasteiger partial charge in [-0.1, -0.05) is 0 Å². The number of ether oxygens (including phenoxy) is 1. The van der Waals surface area contributed by atoms with E-state index in [9.17, 15) is 13.6 Å². The summed E-state index contributed by atoms with van der Waals surface area (Å²) < 4.78 is 30.2. The molecule has 1 heterocycles. The first-order valence-electron chi connectivity index (χ1n) is 4.27. The minimum atomic E-state index is -2.84. The molecule has 0 saturated heterocycles. The molecule has 0 amide bonds. The molecule has 0 aliphatic carbocycles. The molecule has 4 nitrogen and oxygen atoms in total. The highest BCUT2D eigenvalue weighted by Gasteiger charge is 2.24. The van der Waals surface area contributed by atoms with Gasteiger partial charge in [-0.2, -0.15) is 0 Å². The fourth-order valence-electron chi connectivity index (χ4n) is 1.15. The number of halogens is 3. The molecule has 1 aromatic rings. The SMILES string of the molecule is COC(=O)c1c(I)cc(CN)nc1C(F)F. The summed E-state index contributed by atoms with van der Waals surface area (Å²) in [4.78, 5) is 15.0. The van der Waals surface area contributed by atoms with Gasteiger partial charge in [0.2, 0.25) is 0 Å². The smallest absolute Gasteiger partial charge is 0.341 e. The van der Waals surface area contributed by atoms with E-state index >= 15 is 0 Å². The van der Waals surface area contributed by atoms with Crippen molar-refractivity contribution in [3.8, 4) is 0 Å². The Bertz CT molecular complexity index is 413. The lowest BCUT2D eigenvalue weighted by Crippen LogP contribution is -2.13. The molecule has 88 valence electrons. The maximum Gasteiger partial charge on any atom is 0.341 e. The Morgan fingerprint density at radius 2 is 2.31 bits per heavy atom. The van der Waals surface area contributed by atoms with Gasteiger partial charge in [0.25, 0.3) is 6.43 Å². The number of nitrogens with zero attached hydrogens (tertiary/aromatic N) is 1. The molecule has 0 unspecified atom stereocenters. The van der Waals surface area contributed by atoms with Crippen molar-refractivity contribution in [1.82, 2.24) is 4.98 Å². The van der Waals surface area contributed by atoms with E-state index in [1.54, 1.807) is 22.6 Å². The van der Waals surface area contributed by atoms with E-state index in [-0.39, 0.29) is 12.1 Å². The summed E-state index contributed by atoms with van der Waals surface area (Å²) >= 11 is 1.78. The largest absolute Gasteiger partial charge is 0.465 e. The monoisotopic (exact) mass is 342 g/mol. The Balaban J connectivity index is 3.39. The molecule has 0 bridgehead atoms. The molecule has 0 aromatic carbocycles. The molecule has 0 aliphatic rings. The first-order valence-corrected chi connectivity index (χ1v) is 5.35. The summed E-state index contributed by atoms with van der Waals surface area (Å²) in [6.45, 7) is 0.0389. The average molecular weight is 342 g/mol. The number of esters is 1. The summed E-state index contributed by atoms with van der Waals surface area (Å²) in [6.07, 6.45) is -2.84. The molecular formula is C9H9F2IN2O2. The maximum atomic E-state index is 12.7. The number of hydrogen-bond donors (Lipinski definition) is 1. The number of aromatic nitrogens is 1. The van der Waals surface area contributed by atoms with Crippen LogP contribution in [0.5, 0.6) is 0 Å². The van der Waals surface area contributed by atoms with Crippen molar-refractivity contribution in [2.24, 2.45) is 5.73 Å². The molecule has 7 heteroatoms. The molecule has 0 radical (unpaired) electrons. The number of hydrogen-bond acceptors (Lipinski definition) is 4. The fourth-order valence-corrected chi connectivity index (χ4v) is 2.01. The van der Waals surface area contributed by atoms with E-state index in [2.05, 4.69) is 9.72 Å². The van der Waals surface area contributed by atoms with Crippen LogP contribution in [0.2, 0.25) is 0 Å². The standard InChI is InChI=1S/C9H9F2IN2O2/c1-16-9(15)6-5(12)2-4(3-13)14-7(6)8(10)11/h2,8H,3,13H2,1H3.